The fraction of sp³-hybridized carbons (Fsp3) is 0.538. The first-order chi connectivity index (χ1) is 8.08. The fourth-order valence-corrected chi connectivity index (χ4v) is 1.94. The lowest BCUT2D eigenvalue weighted by Gasteiger charge is -2.24. The van der Waals surface area contributed by atoms with Gasteiger partial charge in [0.05, 0.1) is 14.2 Å². The minimum Gasteiger partial charge on any atom is -0.493 e. The quantitative estimate of drug-likeness (QED) is 0.844. The molecule has 0 atom stereocenters. The van der Waals surface area contributed by atoms with Gasteiger partial charge in [-0.3, -0.25) is 0 Å². The van der Waals surface area contributed by atoms with Gasteiger partial charge in [0.25, 0.3) is 0 Å². The first kappa shape index (κ1) is 12.0. The van der Waals surface area contributed by atoms with E-state index >= 15 is 0 Å². The summed E-state index contributed by atoms with van der Waals surface area (Å²) < 4.78 is 10.5. The van der Waals surface area contributed by atoms with Crippen molar-refractivity contribution in [1.29, 1.82) is 0 Å². The molecule has 2 rings (SSSR count). The zero-order chi connectivity index (χ0) is 12.5. The van der Waals surface area contributed by atoms with Gasteiger partial charge in [0.2, 0.25) is 0 Å². The van der Waals surface area contributed by atoms with Crippen LogP contribution in [0.4, 0.5) is 5.69 Å². The van der Waals surface area contributed by atoms with Crippen LogP contribution in [0, 0.1) is 0 Å². The fourth-order valence-electron chi connectivity index (χ4n) is 1.94. The predicted octanol–water partition coefficient (Wildman–Crippen LogP) is 1.63. The van der Waals surface area contributed by atoms with Crippen molar-refractivity contribution in [2.75, 3.05) is 32.7 Å². The third-order valence-corrected chi connectivity index (χ3v) is 3.25. The van der Waals surface area contributed by atoms with E-state index in [0.717, 1.165) is 36.6 Å². The number of benzene rings is 1. The highest BCUT2D eigenvalue weighted by Gasteiger charge is 2.39. The second-order valence-corrected chi connectivity index (χ2v) is 4.76. The van der Waals surface area contributed by atoms with Gasteiger partial charge in [-0.1, -0.05) is 0 Å². The van der Waals surface area contributed by atoms with E-state index < -0.39 is 0 Å². The minimum absolute atomic E-state index is 0.0158. The van der Waals surface area contributed by atoms with E-state index in [1.807, 2.05) is 25.2 Å². The van der Waals surface area contributed by atoms with Crippen LogP contribution < -0.4 is 20.1 Å². The molecule has 4 nitrogen and oxygen atoms in total. The molecule has 0 aliphatic heterocycles. The minimum atomic E-state index is 0.0158. The number of nitrogens with two attached hydrogens (primary N) is 1. The Balaban J connectivity index is 2.14. The molecule has 1 aliphatic carbocycles. The number of nitrogens with zero attached hydrogens (tertiary/aromatic N) is 1. The van der Waals surface area contributed by atoms with Crippen LogP contribution in [0.1, 0.15) is 12.8 Å². The third-order valence-electron chi connectivity index (χ3n) is 3.25. The van der Waals surface area contributed by atoms with E-state index in [9.17, 15) is 0 Å². The van der Waals surface area contributed by atoms with E-state index in [0.29, 0.717) is 0 Å². The van der Waals surface area contributed by atoms with Gasteiger partial charge >= 0.3 is 0 Å². The van der Waals surface area contributed by atoms with Crippen LogP contribution in [0.2, 0.25) is 0 Å². The van der Waals surface area contributed by atoms with E-state index in [1.54, 1.807) is 14.2 Å². The largest absolute Gasteiger partial charge is 0.493 e. The Morgan fingerprint density at radius 1 is 1.24 bits per heavy atom. The van der Waals surface area contributed by atoms with Gasteiger partial charge in [0, 0.05) is 30.9 Å². The molecule has 0 spiro atoms. The zero-order valence-electron chi connectivity index (χ0n) is 10.7. The lowest BCUT2D eigenvalue weighted by atomic mass is 10.2. The van der Waals surface area contributed by atoms with Gasteiger partial charge in [-0.05, 0) is 25.0 Å². The van der Waals surface area contributed by atoms with Crippen molar-refractivity contribution in [2.45, 2.75) is 18.4 Å². The molecule has 0 saturated heterocycles. The maximum absolute atomic E-state index is 6.11. The highest BCUT2D eigenvalue weighted by atomic mass is 16.5. The molecule has 0 radical (unpaired) electrons. The summed E-state index contributed by atoms with van der Waals surface area (Å²) in [6, 6.07) is 5.92. The molecule has 94 valence electrons. The van der Waals surface area contributed by atoms with Crippen LogP contribution in [0.5, 0.6) is 11.5 Å². The van der Waals surface area contributed by atoms with Crippen molar-refractivity contribution in [3.63, 3.8) is 0 Å². The Bertz CT molecular complexity index is 402. The molecule has 0 aromatic heterocycles. The first-order valence-electron chi connectivity index (χ1n) is 5.80. The van der Waals surface area contributed by atoms with Crippen molar-refractivity contribution in [1.82, 2.24) is 0 Å². The molecule has 0 unspecified atom stereocenters. The van der Waals surface area contributed by atoms with Crippen LogP contribution in [-0.4, -0.2) is 33.4 Å². The van der Waals surface area contributed by atoms with Crippen molar-refractivity contribution in [3.05, 3.63) is 18.2 Å². The molecule has 1 aromatic carbocycles. The molecule has 0 bridgehead atoms. The molecular formula is C13H20N2O2. The number of likely N-dealkylation sites (N-methyl/N-ethyl adjacent to an activating group) is 1. The summed E-state index contributed by atoms with van der Waals surface area (Å²) in [7, 11) is 5.33. The van der Waals surface area contributed by atoms with Crippen LogP contribution in [0.25, 0.3) is 0 Å². The van der Waals surface area contributed by atoms with Gasteiger partial charge in [0.15, 0.2) is 11.5 Å². The maximum Gasteiger partial charge on any atom is 0.162 e. The normalized spacial score (nSPS) is 16.5. The molecule has 1 fully saturated rings. The smallest absolute Gasteiger partial charge is 0.162 e. The van der Waals surface area contributed by atoms with Crippen molar-refractivity contribution < 1.29 is 9.47 Å². The number of hydrogen-bond acceptors (Lipinski definition) is 4. The first-order valence-corrected chi connectivity index (χ1v) is 5.80. The second kappa shape index (κ2) is 4.45. The Kier molecular flexibility index (Phi) is 3.15. The number of ether oxygens (including phenoxy) is 2. The average Bonchev–Trinajstić information content (AvgIpc) is 3.05. The molecule has 1 aromatic rings. The van der Waals surface area contributed by atoms with Crippen LogP contribution in [0.3, 0.4) is 0 Å². The lowest BCUT2D eigenvalue weighted by molar-refractivity contribution is 0.355. The van der Waals surface area contributed by atoms with Gasteiger partial charge in [0.1, 0.15) is 0 Å². The van der Waals surface area contributed by atoms with Crippen LogP contribution >= 0.6 is 0 Å². The molecule has 1 aliphatic rings. The summed E-state index contributed by atoms with van der Waals surface area (Å²) in [5.41, 5.74) is 7.23. The van der Waals surface area contributed by atoms with Gasteiger partial charge in [-0.15, -0.1) is 0 Å². The Labute approximate surface area is 102 Å². The van der Waals surface area contributed by atoms with Crippen molar-refractivity contribution >= 4 is 5.69 Å². The molecule has 2 N–H and O–H groups in total. The van der Waals surface area contributed by atoms with Gasteiger partial charge < -0.3 is 20.1 Å². The molecule has 4 heteroatoms. The standard InChI is InChI=1S/C13H20N2O2/c1-15(9-13(14)6-7-13)10-4-5-11(16-2)12(8-10)17-3/h4-5,8H,6-7,9,14H2,1-3H3. The molecule has 1 saturated carbocycles. The summed E-state index contributed by atoms with van der Waals surface area (Å²) in [5.74, 6) is 1.50. The second-order valence-electron chi connectivity index (χ2n) is 4.76. The molecule has 17 heavy (non-hydrogen) atoms. The Hall–Kier alpha value is -1.42. The van der Waals surface area contributed by atoms with Gasteiger partial charge in [-0.2, -0.15) is 0 Å². The number of anilines is 1. The van der Waals surface area contributed by atoms with Crippen molar-refractivity contribution in [2.24, 2.45) is 5.73 Å². The molecule has 0 amide bonds. The lowest BCUT2D eigenvalue weighted by Crippen LogP contribution is -2.37. The Morgan fingerprint density at radius 3 is 2.41 bits per heavy atom. The molecular weight excluding hydrogens is 216 g/mol. The summed E-state index contributed by atoms with van der Waals surface area (Å²) in [5, 5.41) is 0. The SMILES string of the molecule is COc1ccc(N(C)CC2(N)CC2)cc1OC. The topological polar surface area (TPSA) is 47.7 Å². The van der Waals surface area contributed by atoms with E-state index in [1.165, 1.54) is 0 Å². The number of hydrogen-bond donors (Lipinski definition) is 1. The van der Waals surface area contributed by atoms with E-state index in [4.69, 9.17) is 15.2 Å². The van der Waals surface area contributed by atoms with Crippen LogP contribution in [0.15, 0.2) is 18.2 Å². The maximum atomic E-state index is 6.11. The zero-order valence-corrected chi connectivity index (χ0v) is 10.7. The summed E-state index contributed by atoms with van der Waals surface area (Å²) >= 11 is 0. The van der Waals surface area contributed by atoms with Crippen molar-refractivity contribution in [3.8, 4) is 11.5 Å². The van der Waals surface area contributed by atoms with Gasteiger partial charge in [-0.25, -0.2) is 0 Å². The van der Waals surface area contributed by atoms with E-state index in [2.05, 4.69) is 4.90 Å². The van der Waals surface area contributed by atoms with Crippen LogP contribution in [-0.2, 0) is 0 Å². The summed E-state index contributed by atoms with van der Waals surface area (Å²) in [4.78, 5) is 2.16. The number of methoxy groups -OCH3 is 2. The van der Waals surface area contributed by atoms with E-state index in [-0.39, 0.29) is 5.54 Å². The highest BCUT2D eigenvalue weighted by Crippen LogP contribution is 2.36. The summed E-state index contributed by atoms with van der Waals surface area (Å²) in [6.45, 7) is 0.877. The number of rotatable bonds is 5. The predicted molar refractivity (Wildman–Crippen MR) is 69.0 cm³/mol. The molecule has 0 heterocycles. The third kappa shape index (κ3) is 2.64. The average molecular weight is 236 g/mol. The monoisotopic (exact) mass is 236 g/mol. The Morgan fingerprint density at radius 2 is 1.88 bits per heavy atom. The highest BCUT2D eigenvalue weighted by molar-refractivity contribution is 5.56. The summed E-state index contributed by atoms with van der Waals surface area (Å²) in [6.07, 6.45) is 2.23.